The summed E-state index contributed by atoms with van der Waals surface area (Å²) in [5.41, 5.74) is 9.33. The molecule has 3 N–H and O–H groups in total. The van der Waals surface area contributed by atoms with Crippen LogP contribution in [0.2, 0.25) is 0 Å². The number of benzene rings is 1. The average molecular weight is 262 g/mol. The number of nitrogens with one attached hydrogen (secondary N) is 1. The van der Waals surface area contributed by atoms with Crippen molar-refractivity contribution in [3.05, 3.63) is 29.3 Å². The van der Waals surface area contributed by atoms with Crippen LogP contribution in [0.15, 0.2) is 18.2 Å². The molecule has 0 amide bonds. The summed E-state index contributed by atoms with van der Waals surface area (Å²) in [4.78, 5) is 0. The third-order valence-electron chi connectivity index (χ3n) is 3.69. The second kappa shape index (κ2) is 8.98. The summed E-state index contributed by atoms with van der Waals surface area (Å²) >= 11 is 0. The van der Waals surface area contributed by atoms with Crippen molar-refractivity contribution in [3.8, 4) is 0 Å². The third-order valence-corrected chi connectivity index (χ3v) is 3.69. The molecule has 0 saturated carbocycles. The number of unbranched alkanes of at least 4 members (excludes halogenated alkanes) is 3. The largest absolute Gasteiger partial charge is 0.399 e. The molecular weight excluding hydrogens is 232 g/mol. The summed E-state index contributed by atoms with van der Waals surface area (Å²) < 4.78 is 0. The Hall–Kier alpha value is -1.02. The first kappa shape index (κ1) is 16.0. The average Bonchev–Trinajstić information content (AvgIpc) is 2.37. The fourth-order valence-corrected chi connectivity index (χ4v) is 2.27. The molecule has 0 aliphatic carbocycles. The molecule has 0 saturated heterocycles. The maximum Gasteiger partial charge on any atom is 0.0346 e. The lowest BCUT2D eigenvalue weighted by molar-refractivity contribution is 0.512. The molecule has 108 valence electrons. The first-order chi connectivity index (χ1) is 9.11. The molecule has 0 atom stereocenters. The molecule has 0 unspecified atom stereocenters. The molecule has 0 heterocycles. The van der Waals surface area contributed by atoms with Gasteiger partial charge in [-0.3, -0.25) is 0 Å². The van der Waals surface area contributed by atoms with E-state index in [1.165, 1.54) is 43.2 Å². The lowest BCUT2D eigenvalue weighted by Gasteiger charge is -2.09. The Kier molecular flexibility index (Phi) is 7.57. The van der Waals surface area contributed by atoms with Crippen molar-refractivity contribution in [1.82, 2.24) is 5.32 Å². The molecule has 0 aromatic heterocycles. The SMILES string of the molecule is Cc1c(N)cccc1CNCCCCCCC(C)C. The van der Waals surface area contributed by atoms with E-state index in [0.717, 1.165) is 24.7 Å². The zero-order valence-electron chi connectivity index (χ0n) is 12.8. The van der Waals surface area contributed by atoms with Gasteiger partial charge in [-0.15, -0.1) is 0 Å². The minimum Gasteiger partial charge on any atom is -0.399 e. The normalized spacial score (nSPS) is 11.2. The predicted octanol–water partition coefficient (Wildman–Crippen LogP) is 4.27. The van der Waals surface area contributed by atoms with Gasteiger partial charge in [-0.1, -0.05) is 51.7 Å². The lowest BCUT2D eigenvalue weighted by atomic mass is 10.0. The van der Waals surface area contributed by atoms with Crippen LogP contribution in [0.4, 0.5) is 5.69 Å². The highest BCUT2D eigenvalue weighted by Gasteiger charge is 2.00. The van der Waals surface area contributed by atoms with Crippen LogP contribution in [-0.4, -0.2) is 6.54 Å². The Balaban J connectivity index is 2.06. The topological polar surface area (TPSA) is 38.0 Å². The van der Waals surface area contributed by atoms with E-state index in [1.54, 1.807) is 0 Å². The molecule has 1 rings (SSSR count). The van der Waals surface area contributed by atoms with E-state index >= 15 is 0 Å². The van der Waals surface area contributed by atoms with E-state index in [4.69, 9.17) is 5.73 Å². The van der Waals surface area contributed by atoms with Gasteiger partial charge in [0.05, 0.1) is 0 Å². The highest BCUT2D eigenvalue weighted by atomic mass is 14.8. The summed E-state index contributed by atoms with van der Waals surface area (Å²) in [7, 11) is 0. The van der Waals surface area contributed by atoms with Crippen molar-refractivity contribution < 1.29 is 0 Å². The van der Waals surface area contributed by atoms with Crippen LogP contribution >= 0.6 is 0 Å². The third kappa shape index (κ3) is 6.63. The minimum absolute atomic E-state index is 0.852. The molecule has 0 aliphatic heterocycles. The van der Waals surface area contributed by atoms with Crippen LogP contribution in [0.1, 0.15) is 57.1 Å². The van der Waals surface area contributed by atoms with Gasteiger partial charge in [0.2, 0.25) is 0 Å². The number of rotatable bonds is 9. The van der Waals surface area contributed by atoms with Crippen LogP contribution in [0.25, 0.3) is 0 Å². The molecule has 1 aromatic carbocycles. The van der Waals surface area contributed by atoms with Gasteiger partial charge in [0.15, 0.2) is 0 Å². The fraction of sp³-hybridized carbons (Fsp3) is 0.647. The molecular formula is C17H30N2. The second-order valence-electron chi connectivity index (χ2n) is 5.90. The second-order valence-corrected chi connectivity index (χ2v) is 5.90. The van der Waals surface area contributed by atoms with Gasteiger partial charge < -0.3 is 11.1 Å². The molecule has 0 radical (unpaired) electrons. The Morgan fingerprint density at radius 3 is 2.58 bits per heavy atom. The maximum atomic E-state index is 5.90. The monoisotopic (exact) mass is 262 g/mol. The van der Waals surface area contributed by atoms with Crippen LogP contribution in [0.5, 0.6) is 0 Å². The van der Waals surface area contributed by atoms with E-state index < -0.39 is 0 Å². The quantitative estimate of drug-likeness (QED) is 0.515. The van der Waals surface area contributed by atoms with Crippen molar-refractivity contribution in [1.29, 1.82) is 0 Å². The molecule has 2 heteroatoms. The zero-order valence-corrected chi connectivity index (χ0v) is 12.8. The maximum absolute atomic E-state index is 5.90. The van der Waals surface area contributed by atoms with E-state index in [2.05, 4.69) is 32.2 Å². The number of nitrogen functional groups attached to an aromatic ring is 1. The molecule has 0 bridgehead atoms. The summed E-state index contributed by atoms with van der Waals surface area (Å²) in [5, 5.41) is 3.51. The summed E-state index contributed by atoms with van der Waals surface area (Å²) in [6.07, 6.45) is 6.74. The summed E-state index contributed by atoms with van der Waals surface area (Å²) in [6, 6.07) is 6.15. The predicted molar refractivity (Wildman–Crippen MR) is 85.2 cm³/mol. The van der Waals surface area contributed by atoms with Crippen LogP contribution in [-0.2, 0) is 6.54 Å². The highest BCUT2D eigenvalue weighted by Crippen LogP contribution is 2.15. The smallest absolute Gasteiger partial charge is 0.0346 e. The number of hydrogen-bond donors (Lipinski definition) is 2. The first-order valence-electron chi connectivity index (χ1n) is 7.66. The molecule has 0 aliphatic rings. The van der Waals surface area contributed by atoms with Gasteiger partial charge >= 0.3 is 0 Å². The number of hydrogen-bond acceptors (Lipinski definition) is 2. The minimum atomic E-state index is 0.852. The summed E-state index contributed by atoms with van der Waals surface area (Å²) in [5.74, 6) is 0.852. The van der Waals surface area contributed by atoms with Gasteiger partial charge in [0.1, 0.15) is 0 Å². The Morgan fingerprint density at radius 1 is 1.11 bits per heavy atom. The molecule has 19 heavy (non-hydrogen) atoms. The Morgan fingerprint density at radius 2 is 1.84 bits per heavy atom. The number of nitrogens with two attached hydrogens (primary N) is 1. The number of anilines is 1. The molecule has 0 spiro atoms. The first-order valence-corrected chi connectivity index (χ1v) is 7.66. The van der Waals surface area contributed by atoms with E-state index in [-0.39, 0.29) is 0 Å². The highest BCUT2D eigenvalue weighted by molar-refractivity contribution is 5.49. The van der Waals surface area contributed by atoms with Crippen molar-refractivity contribution in [2.75, 3.05) is 12.3 Å². The van der Waals surface area contributed by atoms with E-state index in [1.807, 2.05) is 12.1 Å². The standard InChI is InChI=1S/C17H30N2/c1-14(2)9-6-4-5-7-12-19-13-16-10-8-11-17(18)15(16)3/h8,10-11,14,19H,4-7,9,12-13,18H2,1-3H3. The Labute approximate surface area is 118 Å². The van der Waals surface area contributed by atoms with E-state index in [9.17, 15) is 0 Å². The Bertz CT molecular complexity index is 358. The molecule has 0 fully saturated rings. The van der Waals surface area contributed by atoms with Crippen LogP contribution < -0.4 is 11.1 Å². The lowest BCUT2D eigenvalue weighted by Crippen LogP contribution is -2.15. The van der Waals surface area contributed by atoms with Crippen molar-refractivity contribution >= 4 is 5.69 Å². The van der Waals surface area contributed by atoms with Crippen LogP contribution in [0, 0.1) is 12.8 Å². The van der Waals surface area contributed by atoms with Gasteiger partial charge in [-0.05, 0) is 43.0 Å². The van der Waals surface area contributed by atoms with Gasteiger partial charge in [-0.25, -0.2) is 0 Å². The van der Waals surface area contributed by atoms with Gasteiger partial charge in [-0.2, -0.15) is 0 Å². The van der Waals surface area contributed by atoms with Crippen LogP contribution in [0.3, 0.4) is 0 Å². The van der Waals surface area contributed by atoms with Gasteiger partial charge in [0, 0.05) is 12.2 Å². The zero-order chi connectivity index (χ0) is 14.1. The van der Waals surface area contributed by atoms with Crippen molar-refractivity contribution in [2.45, 2.75) is 59.4 Å². The van der Waals surface area contributed by atoms with E-state index in [0.29, 0.717) is 0 Å². The fourth-order valence-electron chi connectivity index (χ4n) is 2.27. The summed E-state index contributed by atoms with van der Waals surface area (Å²) in [6.45, 7) is 8.74. The molecule has 2 nitrogen and oxygen atoms in total. The van der Waals surface area contributed by atoms with Gasteiger partial charge in [0.25, 0.3) is 0 Å². The van der Waals surface area contributed by atoms with Crippen molar-refractivity contribution in [3.63, 3.8) is 0 Å². The van der Waals surface area contributed by atoms with Crippen molar-refractivity contribution in [2.24, 2.45) is 5.92 Å². The molecule has 1 aromatic rings.